The molecule has 7 nitrogen and oxygen atoms in total. The number of nitrogens with zero attached hydrogens (tertiary/aromatic N) is 5. The first-order valence-corrected chi connectivity index (χ1v) is 9.16. The fourth-order valence-electron chi connectivity index (χ4n) is 2.85. The molecule has 2 aromatic heterocycles. The Labute approximate surface area is 146 Å². The number of aliphatic imine (C=N–C) groups is 1. The molecule has 3 heterocycles. The summed E-state index contributed by atoms with van der Waals surface area (Å²) in [6.45, 7) is 4.73. The molecule has 8 heteroatoms. The summed E-state index contributed by atoms with van der Waals surface area (Å²) in [5.41, 5.74) is 0. The average Bonchev–Trinajstić information content (AvgIpc) is 3.24. The predicted octanol–water partition coefficient (Wildman–Crippen LogP) is 1.52. The number of piperidine rings is 1. The second-order valence-electron chi connectivity index (χ2n) is 6.01. The van der Waals surface area contributed by atoms with Crippen molar-refractivity contribution < 1.29 is 0 Å². The number of aryl methyl sites for hydroxylation is 1. The van der Waals surface area contributed by atoms with Crippen LogP contribution in [0.15, 0.2) is 22.5 Å². The van der Waals surface area contributed by atoms with E-state index in [0.29, 0.717) is 12.6 Å². The molecule has 0 aromatic carbocycles. The largest absolute Gasteiger partial charge is 0.363 e. The van der Waals surface area contributed by atoms with Crippen molar-refractivity contribution >= 4 is 22.3 Å². The lowest BCUT2D eigenvalue weighted by Gasteiger charge is -2.33. The van der Waals surface area contributed by atoms with Crippen LogP contribution in [0.25, 0.3) is 0 Å². The summed E-state index contributed by atoms with van der Waals surface area (Å²) in [5.74, 6) is 2.64. The highest BCUT2D eigenvalue weighted by molar-refractivity contribution is 7.14. The van der Waals surface area contributed by atoms with Crippen LogP contribution in [0.2, 0.25) is 0 Å². The van der Waals surface area contributed by atoms with Gasteiger partial charge in [-0.1, -0.05) is 0 Å². The minimum absolute atomic E-state index is 0.452. The molecule has 1 saturated heterocycles. The van der Waals surface area contributed by atoms with Gasteiger partial charge in [-0.15, -0.1) is 21.5 Å². The van der Waals surface area contributed by atoms with Crippen LogP contribution in [-0.4, -0.2) is 46.9 Å². The van der Waals surface area contributed by atoms with Gasteiger partial charge in [0, 0.05) is 33.2 Å². The Kier molecular flexibility index (Phi) is 5.34. The van der Waals surface area contributed by atoms with Crippen LogP contribution < -0.4 is 15.5 Å². The second kappa shape index (κ2) is 7.65. The Morgan fingerprint density at radius 3 is 2.75 bits per heavy atom. The van der Waals surface area contributed by atoms with E-state index in [1.807, 2.05) is 29.9 Å². The van der Waals surface area contributed by atoms with Crippen molar-refractivity contribution in [1.29, 1.82) is 0 Å². The molecule has 0 spiro atoms. The lowest BCUT2D eigenvalue weighted by atomic mass is 10.1. The Morgan fingerprint density at radius 1 is 1.38 bits per heavy atom. The summed E-state index contributed by atoms with van der Waals surface area (Å²) in [7, 11) is 3.78. The summed E-state index contributed by atoms with van der Waals surface area (Å²) in [4.78, 5) is 6.79. The van der Waals surface area contributed by atoms with Gasteiger partial charge in [-0.05, 0) is 37.3 Å². The van der Waals surface area contributed by atoms with Gasteiger partial charge in [-0.2, -0.15) is 0 Å². The molecule has 0 aliphatic carbocycles. The molecule has 1 fully saturated rings. The summed E-state index contributed by atoms with van der Waals surface area (Å²) in [6.07, 6.45) is 2.23. The average molecular weight is 347 g/mol. The molecule has 1 aliphatic rings. The van der Waals surface area contributed by atoms with Crippen molar-refractivity contribution in [2.24, 2.45) is 12.0 Å². The molecule has 1 aliphatic heterocycles. The predicted molar refractivity (Wildman–Crippen MR) is 98.6 cm³/mol. The normalized spacial score (nSPS) is 16.5. The molecule has 2 N–H and O–H groups in total. The molecule has 0 unspecified atom stereocenters. The third-order valence-corrected chi connectivity index (χ3v) is 5.40. The first-order valence-electron chi connectivity index (χ1n) is 8.28. The van der Waals surface area contributed by atoms with Crippen molar-refractivity contribution in [2.75, 3.05) is 25.0 Å². The molecular weight excluding hydrogens is 322 g/mol. The zero-order valence-electron chi connectivity index (χ0n) is 14.5. The van der Waals surface area contributed by atoms with Crippen molar-refractivity contribution in [1.82, 2.24) is 25.4 Å². The minimum Gasteiger partial charge on any atom is -0.363 e. The van der Waals surface area contributed by atoms with Gasteiger partial charge in [0.1, 0.15) is 5.82 Å². The van der Waals surface area contributed by atoms with Crippen LogP contribution >= 0.6 is 11.3 Å². The quantitative estimate of drug-likeness (QED) is 0.648. The maximum absolute atomic E-state index is 4.33. The van der Waals surface area contributed by atoms with Gasteiger partial charge in [0.2, 0.25) is 0 Å². The molecule has 0 atom stereocenters. The van der Waals surface area contributed by atoms with Crippen LogP contribution in [-0.2, 0) is 13.6 Å². The molecule has 130 valence electrons. The second-order valence-corrected chi connectivity index (χ2v) is 6.93. The molecule has 0 amide bonds. The third-order valence-electron chi connectivity index (χ3n) is 4.47. The van der Waals surface area contributed by atoms with Crippen LogP contribution in [0.1, 0.15) is 24.5 Å². The Balaban J connectivity index is 1.47. The summed E-state index contributed by atoms with van der Waals surface area (Å²) in [5, 5.41) is 18.6. The zero-order chi connectivity index (χ0) is 16.9. The van der Waals surface area contributed by atoms with E-state index in [0.717, 1.165) is 43.5 Å². The first kappa shape index (κ1) is 16.8. The highest BCUT2D eigenvalue weighted by atomic mass is 32.1. The van der Waals surface area contributed by atoms with E-state index in [9.17, 15) is 0 Å². The lowest BCUT2D eigenvalue weighted by molar-refractivity contribution is 0.462. The highest BCUT2D eigenvalue weighted by Crippen LogP contribution is 2.24. The molecule has 0 bridgehead atoms. The van der Waals surface area contributed by atoms with E-state index in [2.05, 4.69) is 48.2 Å². The maximum Gasteiger partial charge on any atom is 0.191 e. The minimum atomic E-state index is 0.452. The van der Waals surface area contributed by atoms with Crippen molar-refractivity contribution in [2.45, 2.75) is 32.4 Å². The zero-order valence-corrected chi connectivity index (χ0v) is 15.3. The lowest BCUT2D eigenvalue weighted by Crippen LogP contribution is -2.48. The monoisotopic (exact) mass is 347 g/mol. The Hall–Kier alpha value is -2.09. The number of aromatic nitrogens is 3. The van der Waals surface area contributed by atoms with Crippen molar-refractivity contribution in [3.8, 4) is 0 Å². The van der Waals surface area contributed by atoms with E-state index < -0.39 is 0 Å². The number of hydrogen-bond acceptors (Lipinski definition) is 5. The molecule has 0 radical (unpaired) electrons. The fraction of sp³-hybridized carbons (Fsp3) is 0.562. The Bertz CT molecular complexity index is 669. The smallest absolute Gasteiger partial charge is 0.191 e. The van der Waals surface area contributed by atoms with Crippen LogP contribution in [0.3, 0.4) is 0 Å². The number of rotatable bonds is 4. The van der Waals surface area contributed by atoms with Crippen LogP contribution in [0.4, 0.5) is 5.00 Å². The van der Waals surface area contributed by atoms with Gasteiger partial charge in [0.05, 0.1) is 11.5 Å². The van der Waals surface area contributed by atoms with Crippen molar-refractivity contribution in [3.05, 3.63) is 29.2 Å². The topological polar surface area (TPSA) is 70.4 Å². The number of nitrogens with one attached hydrogen (secondary N) is 2. The Morgan fingerprint density at radius 2 is 2.17 bits per heavy atom. The van der Waals surface area contributed by atoms with E-state index in [1.165, 1.54) is 5.00 Å². The SMILES string of the molecule is CN=C(NCc1nnc(C)n1C)NC1CCN(c2cccs2)CC1. The van der Waals surface area contributed by atoms with Crippen LogP contribution in [0, 0.1) is 6.92 Å². The maximum atomic E-state index is 4.33. The standard InChI is InChI=1S/C16H25N7S/c1-12-20-21-14(22(12)3)11-18-16(17-2)19-13-6-8-23(9-7-13)15-5-4-10-24-15/h4-5,10,13H,6-9,11H2,1-3H3,(H2,17,18,19). The van der Waals surface area contributed by atoms with Crippen molar-refractivity contribution in [3.63, 3.8) is 0 Å². The van der Waals surface area contributed by atoms with E-state index in [1.54, 1.807) is 7.05 Å². The summed E-state index contributed by atoms with van der Waals surface area (Å²) < 4.78 is 1.99. The van der Waals surface area contributed by atoms with Gasteiger partial charge >= 0.3 is 0 Å². The van der Waals surface area contributed by atoms with E-state index >= 15 is 0 Å². The van der Waals surface area contributed by atoms with Gasteiger partial charge in [0.25, 0.3) is 0 Å². The molecule has 2 aromatic rings. The number of thiophene rings is 1. The first-order chi connectivity index (χ1) is 11.7. The summed E-state index contributed by atoms with van der Waals surface area (Å²) >= 11 is 1.81. The van der Waals surface area contributed by atoms with Gasteiger partial charge in [0.15, 0.2) is 11.8 Å². The number of anilines is 1. The molecule has 3 rings (SSSR count). The third kappa shape index (κ3) is 3.87. The van der Waals surface area contributed by atoms with Crippen LogP contribution in [0.5, 0.6) is 0 Å². The molecule has 0 saturated carbocycles. The van der Waals surface area contributed by atoms with E-state index in [4.69, 9.17) is 0 Å². The van der Waals surface area contributed by atoms with Gasteiger partial charge in [-0.25, -0.2) is 0 Å². The van der Waals surface area contributed by atoms with Gasteiger partial charge < -0.3 is 20.1 Å². The highest BCUT2D eigenvalue weighted by Gasteiger charge is 2.20. The fourth-order valence-corrected chi connectivity index (χ4v) is 3.64. The molecule has 24 heavy (non-hydrogen) atoms. The summed E-state index contributed by atoms with van der Waals surface area (Å²) in [6, 6.07) is 4.76. The van der Waals surface area contributed by atoms with E-state index in [-0.39, 0.29) is 0 Å². The molecular formula is C16H25N7S. The number of hydrogen-bond donors (Lipinski definition) is 2. The van der Waals surface area contributed by atoms with Gasteiger partial charge in [-0.3, -0.25) is 4.99 Å². The number of guanidine groups is 1.